The predicted molar refractivity (Wildman–Crippen MR) is 147 cm³/mol. The molecule has 9 nitrogen and oxygen atoms in total. The van der Waals surface area contributed by atoms with Gasteiger partial charge in [-0.2, -0.15) is 0 Å². The Hall–Kier alpha value is -1.55. The van der Waals surface area contributed by atoms with E-state index >= 15 is 0 Å². The van der Waals surface area contributed by atoms with Crippen molar-refractivity contribution in [3.05, 3.63) is 24.3 Å². The average molecular weight is 558 g/mol. The summed E-state index contributed by atoms with van der Waals surface area (Å²) in [5.74, 6) is -0.217. The van der Waals surface area contributed by atoms with Gasteiger partial charge in [0.1, 0.15) is 24.1 Å². The Morgan fingerprint density at radius 1 is 0.778 bits per heavy atom. The van der Waals surface area contributed by atoms with Crippen LogP contribution in [-0.4, -0.2) is 74.6 Å². The minimum Gasteiger partial charge on any atom is -0.467 e. The van der Waals surface area contributed by atoms with Gasteiger partial charge in [-0.3, -0.25) is 4.79 Å². The fourth-order valence-electron chi connectivity index (χ4n) is 3.78. The summed E-state index contributed by atoms with van der Waals surface area (Å²) in [6.07, 6.45) is -3.94. The highest BCUT2D eigenvalue weighted by atomic mass is 28.4. The summed E-state index contributed by atoms with van der Waals surface area (Å²) in [6.45, 7) is 20.1. The number of carbonyl (C=O) groups is 2. The molecule has 1 heterocycles. The Labute approximate surface area is 218 Å². The zero-order chi connectivity index (χ0) is 27.5. The van der Waals surface area contributed by atoms with E-state index in [1.54, 1.807) is 24.3 Å². The molecule has 5 atom stereocenters. The summed E-state index contributed by atoms with van der Waals surface area (Å²) in [6, 6.07) is 6.93. The second kappa shape index (κ2) is 11.9. The number of hydrogen-bond donors (Lipinski definition) is 1. The lowest BCUT2D eigenvalue weighted by molar-refractivity contribution is -0.261. The number of rotatable bonds is 10. The van der Waals surface area contributed by atoms with Crippen LogP contribution in [0.1, 0.15) is 6.92 Å². The molecule has 12 heteroatoms. The Kier molecular flexibility index (Phi) is 10.1. The van der Waals surface area contributed by atoms with Crippen LogP contribution in [0.3, 0.4) is 0 Å². The standard InChI is InChI=1S/C24H43NO8Si3/c1-16(26)25-17-12-14-18(15-13-17)29-24-22(33-36(9,10)11)20(32-35(6,7)8)19(31-34(3,4)5)21(30-24)23(27)28-2/h12-15,19-22,24H,1-11H3,(H,25,26). The molecule has 1 N–H and O–H groups in total. The van der Waals surface area contributed by atoms with Crippen LogP contribution in [0.2, 0.25) is 58.9 Å². The number of ether oxygens (including phenoxy) is 3. The van der Waals surface area contributed by atoms with Crippen molar-refractivity contribution < 1.29 is 37.1 Å². The molecule has 0 spiro atoms. The smallest absolute Gasteiger partial charge is 0.337 e. The zero-order valence-corrected chi connectivity index (χ0v) is 26.5. The molecule has 1 aliphatic rings. The van der Waals surface area contributed by atoms with Gasteiger partial charge in [0.2, 0.25) is 12.2 Å². The molecule has 1 aromatic carbocycles. The highest BCUT2D eigenvalue weighted by Gasteiger charge is 2.55. The average Bonchev–Trinajstić information content (AvgIpc) is 2.69. The lowest BCUT2D eigenvalue weighted by atomic mass is 9.99. The molecule has 0 aromatic heterocycles. The molecule has 0 bridgehead atoms. The third-order valence-corrected chi connectivity index (χ3v) is 7.76. The van der Waals surface area contributed by atoms with E-state index < -0.39 is 61.6 Å². The first-order valence-electron chi connectivity index (χ1n) is 12.2. The van der Waals surface area contributed by atoms with Gasteiger partial charge in [-0.1, -0.05) is 0 Å². The summed E-state index contributed by atoms with van der Waals surface area (Å²) < 4.78 is 37.4. The highest BCUT2D eigenvalue weighted by molar-refractivity contribution is 6.70. The van der Waals surface area contributed by atoms with Crippen molar-refractivity contribution in [3.63, 3.8) is 0 Å². The van der Waals surface area contributed by atoms with Gasteiger partial charge in [0.05, 0.1) is 7.11 Å². The van der Waals surface area contributed by atoms with Crippen molar-refractivity contribution in [1.29, 1.82) is 0 Å². The van der Waals surface area contributed by atoms with Crippen LogP contribution in [-0.2, 0) is 32.3 Å². The summed E-state index contributed by atoms with van der Waals surface area (Å²) >= 11 is 0. The van der Waals surface area contributed by atoms with Gasteiger partial charge < -0.3 is 32.8 Å². The van der Waals surface area contributed by atoms with Crippen LogP contribution in [0.25, 0.3) is 0 Å². The summed E-state index contributed by atoms with van der Waals surface area (Å²) in [4.78, 5) is 24.3. The van der Waals surface area contributed by atoms with Crippen LogP contribution >= 0.6 is 0 Å². The maximum absolute atomic E-state index is 12.9. The number of anilines is 1. The van der Waals surface area contributed by atoms with E-state index in [2.05, 4.69) is 64.2 Å². The zero-order valence-electron chi connectivity index (χ0n) is 23.5. The van der Waals surface area contributed by atoms with Crippen molar-refractivity contribution in [2.24, 2.45) is 0 Å². The third-order valence-electron chi connectivity index (χ3n) is 4.82. The number of methoxy groups -OCH3 is 1. The second-order valence-electron chi connectivity index (χ2n) is 11.9. The number of carbonyl (C=O) groups excluding carboxylic acids is 2. The van der Waals surface area contributed by atoms with E-state index in [1.807, 2.05) is 0 Å². The van der Waals surface area contributed by atoms with Crippen molar-refractivity contribution in [2.75, 3.05) is 12.4 Å². The third kappa shape index (κ3) is 9.73. The topological polar surface area (TPSA) is 102 Å². The van der Waals surface area contributed by atoms with Gasteiger partial charge in [0.15, 0.2) is 31.1 Å². The fraction of sp³-hybridized carbons (Fsp3) is 0.667. The lowest BCUT2D eigenvalue weighted by Gasteiger charge is -2.49. The number of benzene rings is 1. The van der Waals surface area contributed by atoms with Crippen molar-refractivity contribution in [1.82, 2.24) is 0 Å². The Bertz CT molecular complexity index is 893. The molecule has 0 aliphatic carbocycles. The minimum absolute atomic E-state index is 0.163. The molecular weight excluding hydrogens is 515 g/mol. The largest absolute Gasteiger partial charge is 0.467 e. The maximum Gasteiger partial charge on any atom is 0.337 e. The van der Waals surface area contributed by atoms with Gasteiger partial charge in [-0.05, 0) is 83.2 Å². The number of amides is 1. The van der Waals surface area contributed by atoms with Crippen LogP contribution in [0.15, 0.2) is 24.3 Å². The maximum atomic E-state index is 12.9. The number of hydrogen-bond acceptors (Lipinski definition) is 8. The molecule has 1 fully saturated rings. The number of esters is 1. The SMILES string of the molecule is COC(=O)C1OC(Oc2ccc(NC(C)=O)cc2)C(O[Si](C)(C)C)C(O[Si](C)(C)C)C1O[Si](C)(C)C. The van der Waals surface area contributed by atoms with Gasteiger partial charge in [-0.25, -0.2) is 4.79 Å². The Balaban J connectivity index is 2.53. The van der Waals surface area contributed by atoms with Crippen LogP contribution in [0.4, 0.5) is 5.69 Å². The van der Waals surface area contributed by atoms with Crippen molar-refractivity contribution in [2.45, 2.75) is 96.6 Å². The normalized spacial score (nSPS) is 25.2. The first-order chi connectivity index (χ1) is 16.4. The summed E-state index contributed by atoms with van der Waals surface area (Å²) in [5, 5.41) is 2.73. The highest BCUT2D eigenvalue weighted by Crippen LogP contribution is 2.35. The molecule has 2 rings (SSSR count). The van der Waals surface area contributed by atoms with E-state index in [4.69, 9.17) is 27.5 Å². The first-order valence-corrected chi connectivity index (χ1v) is 22.4. The van der Waals surface area contributed by atoms with Crippen molar-refractivity contribution >= 4 is 42.5 Å². The molecule has 0 radical (unpaired) electrons. The van der Waals surface area contributed by atoms with Gasteiger partial charge in [-0.15, -0.1) is 0 Å². The van der Waals surface area contributed by atoms with E-state index in [9.17, 15) is 9.59 Å². The molecule has 0 saturated carbocycles. The van der Waals surface area contributed by atoms with Crippen LogP contribution in [0.5, 0.6) is 5.75 Å². The van der Waals surface area contributed by atoms with Gasteiger partial charge in [0, 0.05) is 12.6 Å². The molecular formula is C24H43NO8Si3. The molecule has 36 heavy (non-hydrogen) atoms. The molecule has 1 aromatic rings. The summed E-state index contributed by atoms with van der Waals surface area (Å²) in [7, 11) is -5.07. The molecule has 1 aliphatic heterocycles. The molecule has 5 unspecified atom stereocenters. The molecule has 1 amide bonds. The quantitative estimate of drug-likeness (QED) is 0.329. The predicted octanol–water partition coefficient (Wildman–Crippen LogP) is 4.58. The number of nitrogens with one attached hydrogen (secondary N) is 1. The van der Waals surface area contributed by atoms with E-state index in [-0.39, 0.29) is 5.91 Å². The second-order valence-corrected chi connectivity index (χ2v) is 25.2. The van der Waals surface area contributed by atoms with E-state index in [0.29, 0.717) is 11.4 Å². The Morgan fingerprint density at radius 3 is 1.69 bits per heavy atom. The Morgan fingerprint density at radius 2 is 1.25 bits per heavy atom. The van der Waals surface area contributed by atoms with Crippen LogP contribution in [0, 0.1) is 0 Å². The first kappa shape index (κ1) is 30.7. The summed E-state index contributed by atoms with van der Waals surface area (Å²) in [5.41, 5.74) is 0.644. The lowest BCUT2D eigenvalue weighted by Crippen LogP contribution is -2.67. The molecule has 204 valence electrons. The van der Waals surface area contributed by atoms with Crippen molar-refractivity contribution in [3.8, 4) is 5.75 Å². The van der Waals surface area contributed by atoms with Crippen LogP contribution < -0.4 is 10.1 Å². The molecule has 1 saturated heterocycles. The van der Waals surface area contributed by atoms with E-state index in [1.165, 1.54) is 14.0 Å². The van der Waals surface area contributed by atoms with Gasteiger partial charge in [0.25, 0.3) is 0 Å². The monoisotopic (exact) mass is 557 g/mol. The van der Waals surface area contributed by atoms with Gasteiger partial charge >= 0.3 is 5.97 Å². The minimum atomic E-state index is -2.14. The fourth-order valence-corrected chi connectivity index (χ4v) is 7.00. The van der Waals surface area contributed by atoms with E-state index in [0.717, 1.165) is 0 Å².